The molecule has 3 rings (SSSR count). The highest BCUT2D eigenvalue weighted by Gasteiger charge is 2.30. The van der Waals surface area contributed by atoms with Crippen LogP contribution < -0.4 is 10.5 Å². The summed E-state index contributed by atoms with van der Waals surface area (Å²) in [6.45, 7) is 3.16. The smallest absolute Gasteiger partial charge is 0.125 e. The molecule has 1 saturated carbocycles. The topological polar surface area (TPSA) is 35.2 Å². The zero-order valence-corrected chi connectivity index (χ0v) is 13.1. The molecule has 1 aliphatic heterocycles. The lowest BCUT2D eigenvalue weighted by Gasteiger charge is -2.24. The summed E-state index contributed by atoms with van der Waals surface area (Å²) in [5, 5.41) is 0. The second kappa shape index (κ2) is 5.45. The highest BCUT2D eigenvalue weighted by Crippen LogP contribution is 2.37. The zero-order valence-electron chi connectivity index (χ0n) is 11.5. The molecule has 3 unspecified atom stereocenters. The van der Waals surface area contributed by atoms with Crippen molar-refractivity contribution in [1.29, 1.82) is 0 Å². The molecule has 3 heteroatoms. The van der Waals surface area contributed by atoms with E-state index in [4.69, 9.17) is 10.5 Å². The third kappa shape index (κ3) is 2.68. The number of halogens is 1. The molecule has 1 heterocycles. The summed E-state index contributed by atoms with van der Waals surface area (Å²) < 4.78 is 6.95. The molecule has 0 aromatic heterocycles. The first kappa shape index (κ1) is 13.4. The fourth-order valence-electron chi connectivity index (χ4n) is 3.71. The van der Waals surface area contributed by atoms with Crippen molar-refractivity contribution in [1.82, 2.24) is 0 Å². The van der Waals surface area contributed by atoms with Crippen LogP contribution in [-0.2, 0) is 12.8 Å². The number of hydrogen-bond donors (Lipinski definition) is 1. The van der Waals surface area contributed by atoms with E-state index in [9.17, 15) is 0 Å². The van der Waals surface area contributed by atoms with Crippen LogP contribution in [0.2, 0.25) is 0 Å². The lowest BCUT2D eigenvalue weighted by atomic mass is 9.86. The Morgan fingerprint density at radius 2 is 2.26 bits per heavy atom. The molecule has 19 heavy (non-hydrogen) atoms. The summed E-state index contributed by atoms with van der Waals surface area (Å²) in [6, 6.07) is 4.62. The number of ether oxygens (including phenoxy) is 1. The minimum atomic E-state index is 0.264. The lowest BCUT2D eigenvalue weighted by molar-refractivity contribution is 0.331. The van der Waals surface area contributed by atoms with Gasteiger partial charge in [0.1, 0.15) is 5.75 Å². The Morgan fingerprint density at radius 1 is 1.42 bits per heavy atom. The van der Waals surface area contributed by atoms with Gasteiger partial charge >= 0.3 is 0 Å². The molecule has 0 amide bonds. The standard InChI is InChI=1S/C16H22BrNO/c1-10-3-2-4-14(10)15(18)9-12-8-13(17)7-11-5-6-19-16(11)12/h7-8,10,14-15H,2-6,9,18H2,1H3. The normalized spacial score (nSPS) is 27.1. The van der Waals surface area contributed by atoms with Crippen molar-refractivity contribution in [3.8, 4) is 5.75 Å². The Morgan fingerprint density at radius 3 is 3.00 bits per heavy atom. The largest absolute Gasteiger partial charge is 0.493 e. The van der Waals surface area contributed by atoms with E-state index in [2.05, 4.69) is 35.0 Å². The second-order valence-electron chi connectivity index (χ2n) is 6.09. The van der Waals surface area contributed by atoms with Crippen molar-refractivity contribution in [3.63, 3.8) is 0 Å². The van der Waals surface area contributed by atoms with Crippen molar-refractivity contribution in [2.24, 2.45) is 17.6 Å². The van der Waals surface area contributed by atoms with Crippen LogP contribution in [0.5, 0.6) is 5.75 Å². The molecular formula is C16H22BrNO. The molecule has 2 aliphatic rings. The number of nitrogens with two attached hydrogens (primary N) is 1. The summed E-state index contributed by atoms with van der Waals surface area (Å²) in [5.41, 5.74) is 9.09. The van der Waals surface area contributed by atoms with Gasteiger partial charge in [-0.1, -0.05) is 35.7 Å². The maximum absolute atomic E-state index is 6.47. The van der Waals surface area contributed by atoms with Gasteiger partial charge in [0, 0.05) is 16.9 Å². The van der Waals surface area contributed by atoms with Gasteiger partial charge in [0.15, 0.2) is 0 Å². The number of hydrogen-bond acceptors (Lipinski definition) is 2. The Kier molecular flexibility index (Phi) is 3.86. The predicted octanol–water partition coefficient (Wildman–Crippen LogP) is 3.69. The molecular weight excluding hydrogens is 302 g/mol. The summed E-state index contributed by atoms with van der Waals surface area (Å²) in [5.74, 6) is 2.55. The molecule has 0 bridgehead atoms. The van der Waals surface area contributed by atoms with Gasteiger partial charge in [0.05, 0.1) is 6.61 Å². The molecule has 0 saturated heterocycles. The number of fused-ring (bicyclic) bond motifs is 1. The fourth-order valence-corrected chi connectivity index (χ4v) is 4.27. The van der Waals surface area contributed by atoms with Crippen molar-refractivity contribution in [2.45, 2.75) is 45.1 Å². The van der Waals surface area contributed by atoms with E-state index in [0.717, 1.165) is 35.6 Å². The maximum atomic E-state index is 6.47. The van der Waals surface area contributed by atoms with E-state index in [1.807, 2.05) is 0 Å². The summed E-state index contributed by atoms with van der Waals surface area (Å²) in [6.07, 6.45) is 5.94. The first-order valence-electron chi connectivity index (χ1n) is 7.35. The van der Waals surface area contributed by atoms with E-state index < -0.39 is 0 Å². The average molecular weight is 324 g/mol. The molecule has 1 aromatic rings. The van der Waals surface area contributed by atoms with Crippen molar-refractivity contribution >= 4 is 15.9 Å². The molecule has 1 aromatic carbocycles. The Bertz CT molecular complexity index is 474. The number of benzene rings is 1. The monoisotopic (exact) mass is 323 g/mol. The van der Waals surface area contributed by atoms with Crippen LogP contribution >= 0.6 is 15.9 Å². The van der Waals surface area contributed by atoms with Crippen LogP contribution in [0.25, 0.3) is 0 Å². The lowest BCUT2D eigenvalue weighted by Crippen LogP contribution is -2.33. The van der Waals surface area contributed by atoms with Crippen molar-refractivity contribution in [2.75, 3.05) is 6.61 Å². The van der Waals surface area contributed by atoms with Gasteiger partial charge in [-0.15, -0.1) is 0 Å². The Hall–Kier alpha value is -0.540. The quantitative estimate of drug-likeness (QED) is 0.920. The van der Waals surface area contributed by atoms with Gasteiger partial charge in [0.2, 0.25) is 0 Å². The van der Waals surface area contributed by atoms with Crippen LogP contribution in [0.3, 0.4) is 0 Å². The molecule has 1 aliphatic carbocycles. The second-order valence-corrected chi connectivity index (χ2v) is 7.01. The van der Waals surface area contributed by atoms with E-state index >= 15 is 0 Å². The third-order valence-electron chi connectivity index (χ3n) is 4.76. The molecule has 104 valence electrons. The van der Waals surface area contributed by atoms with Crippen LogP contribution in [0.15, 0.2) is 16.6 Å². The molecule has 2 N–H and O–H groups in total. The molecule has 3 atom stereocenters. The van der Waals surface area contributed by atoms with E-state index in [1.54, 1.807) is 0 Å². The maximum Gasteiger partial charge on any atom is 0.125 e. The van der Waals surface area contributed by atoms with Crippen LogP contribution in [-0.4, -0.2) is 12.6 Å². The molecule has 2 nitrogen and oxygen atoms in total. The molecule has 1 fully saturated rings. The van der Waals surface area contributed by atoms with E-state index in [0.29, 0.717) is 5.92 Å². The predicted molar refractivity (Wildman–Crippen MR) is 81.5 cm³/mol. The summed E-state index contributed by atoms with van der Waals surface area (Å²) in [7, 11) is 0. The summed E-state index contributed by atoms with van der Waals surface area (Å²) in [4.78, 5) is 0. The minimum Gasteiger partial charge on any atom is -0.493 e. The molecule has 0 radical (unpaired) electrons. The third-order valence-corrected chi connectivity index (χ3v) is 5.22. The van der Waals surface area contributed by atoms with Gasteiger partial charge in [-0.3, -0.25) is 0 Å². The van der Waals surface area contributed by atoms with Gasteiger partial charge in [0.25, 0.3) is 0 Å². The van der Waals surface area contributed by atoms with Crippen LogP contribution in [0, 0.1) is 11.8 Å². The van der Waals surface area contributed by atoms with E-state index in [-0.39, 0.29) is 6.04 Å². The van der Waals surface area contributed by atoms with Gasteiger partial charge < -0.3 is 10.5 Å². The van der Waals surface area contributed by atoms with Gasteiger partial charge in [-0.25, -0.2) is 0 Å². The van der Waals surface area contributed by atoms with Gasteiger partial charge in [-0.05, 0) is 47.9 Å². The molecule has 0 spiro atoms. The Labute approximate surface area is 123 Å². The van der Waals surface area contributed by atoms with Gasteiger partial charge in [-0.2, -0.15) is 0 Å². The first-order chi connectivity index (χ1) is 9.15. The SMILES string of the molecule is CC1CCCC1C(N)Cc1cc(Br)cc2c1OCC2. The highest BCUT2D eigenvalue weighted by atomic mass is 79.9. The average Bonchev–Trinajstić information content (AvgIpc) is 2.97. The first-order valence-corrected chi connectivity index (χ1v) is 8.14. The van der Waals surface area contributed by atoms with E-state index in [1.165, 1.54) is 30.4 Å². The van der Waals surface area contributed by atoms with Crippen molar-refractivity contribution in [3.05, 3.63) is 27.7 Å². The van der Waals surface area contributed by atoms with Crippen LogP contribution in [0.4, 0.5) is 0 Å². The van der Waals surface area contributed by atoms with Crippen molar-refractivity contribution < 1.29 is 4.74 Å². The summed E-state index contributed by atoms with van der Waals surface area (Å²) >= 11 is 3.60. The minimum absolute atomic E-state index is 0.264. The number of rotatable bonds is 3. The Balaban J connectivity index is 1.79. The zero-order chi connectivity index (χ0) is 13.4. The fraction of sp³-hybridized carbons (Fsp3) is 0.625. The highest BCUT2D eigenvalue weighted by molar-refractivity contribution is 9.10. The van der Waals surface area contributed by atoms with Crippen LogP contribution in [0.1, 0.15) is 37.3 Å².